The minimum Gasteiger partial charge on any atom is -0.398 e. The zero-order chi connectivity index (χ0) is 10.7. The maximum atomic E-state index is 5.98. The molecule has 0 unspecified atom stereocenters. The number of anilines is 1. The SMILES string of the molecule is Cc1cccc(SCc2cscn2)c1N. The maximum Gasteiger partial charge on any atom is 0.0795 e. The highest BCUT2D eigenvalue weighted by Gasteiger charge is 2.03. The Morgan fingerprint density at radius 1 is 1.47 bits per heavy atom. The molecule has 0 atom stereocenters. The molecule has 0 radical (unpaired) electrons. The van der Waals surface area contributed by atoms with E-state index in [0.29, 0.717) is 0 Å². The van der Waals surface area contributed by atoms with Gasteiger partial charge < -0.3 is 5.73 Å². The second-order valence-corrected chi connectivity index (χ2v) is 4.99. The lowest BCUT2D eigenvalue weighted by Gasteiger charge is -2.06. The predicted octanol–water partition coefficient (Wildman–Crippen LogP) is 3.33. The Balaban J connectivity index is 2.08. The number of aryl methyl sites for hydroxylation is 1. The zero-order valence-electron chi connectivity index (χ0n) is 8.43. The minimum absolute atomic E-state index is 0.886. The van der Waals surface area contributed by atoms with Gasteiger partial charge in [-0.3, -0.25) is 0 Å². The Kier molecular flexibility index (Phi) is 3.28. The van der Waals surface area contributed by atoms with Gasteiger partial charge in [-0.1, -0.05) is 12.1 Å². The highest BCUT2D eigenvalue weighted by Crippen LogP contribution is 2.29. The summed E-state index contributed by atoms with van der Waals surface area (Å²) in [7, 11) is 0. The third kappa shape index (κ3) is 2.52. The van der Waals surface area contributed by atoms with E-state index in [4.69, 9.17) is 5.73 Å². The van der Waals surface area contributed by atoms with Gasteiger partial charge in [-0.15, -0.1) is 23.1 Å². The van der Waals surface area contributed by atoms with Crippen molar-refractivity contribution in [3.05, 3.63) is 40.3 Å². The van der Waals surface area contributed by atoms with Crippen molar-refractivity contribution in [2.75, 3.05) is 5.73 Å². The summed E-state index contributed by atoms with van der Waals surface area (Å²) in [6.07, 6.45) is 0. The van der Waals surface area contributed by atoms with E-state index in [9.17, 15) is 0 Å². The zero-order valence-corrected chi connectivity index (χ0v) is 10.1. The molecule has 0 aliphatic heterocycles. The molecule has 0 spiro atoms. The molecule has 0 saturated carbocycles. The van der Waals surface area contributed by atoms with Gasteiger partial charge in [0.2, 0.25) is 0 Å². The molecule has 4 heteroatoms. The fourth-order valence-corrected chi connectivity index (χ4v) is 2.86. The lowest BCUT2D eigenvalue weighted by molar-refractivity contribution is 1.23. The van der Waals surface area contributed by atoms with Gasteiger partial charge in [0, 0.05) is 21.7 Å². The molecule has 0 aliphatic rings. The van der Waals surface area contributed by atoms with Crippen LogP contribution in [-0.2, 0) is 5.75 Å². The number of hydrogen-bond acceptors (Lipinski definition) is 4. The summed E-state index contributed by atoms with van der Waals surface area (Å²) in [5.74, 6) is 0.886. The number of rotatable bonds is 3. The van der Waals surface area contributed by atoms with Crippen LogP contribution in [0.5, 0.6) is 0 Å². The van der Waals surface area contributed by atoms with Gasteiger partial charge in [-0.2, -0.15) is 0 Å². The Bertz CT molecular complexity index is 438. The first kappa shape index (κ1) is 10.5. The second-order valence-electron chi connectivity index (χ2n) is 3.26. The summed E-state index contributed by atoms with van der Waals surface area (Å²) in [6.45, 7) is 2.03. The van der Waals surface area contributed by atoms with Gasteiger partial charge in [0.25, 0.3) is 0 Å². The summed E-state index contributed by atoms with van der Waals surface area (Å²) in [5, 5.41) is 2.07. The van der Waals surface area contributed by atoms with Crippen LogP contribution in [0.1, 0.15) is 11.3 Å². The molecule has 1 heterocycles. The van der Waals surface area contributed by atoms with E-state index in [-0.39, 0.29) is 0 Å². The van der Waals surface area contributed by atoms with Crippen molar-refractivity contribution >= 4 is 28.8 Å². The van der Waals surface area contributed by atoms with Gasteiger partial charge in [0.1, 0.15) is 0 Å². The van der Waals surface area contributed by atoms with Crippen LogP contribution in [0, 0.1) is 6.92 Å². The van der Waals surface area contributed by atoms with Crippen LogP contribution < -0.4 is 5.73 Å². The molecule has 2 nitrogen and oxygen atoms in total. The smallest absolute Gasteiger partial charge is 0.0795 e. The molecule has 2 aromatic rings. The average Bonchev–Trinajstić information content (AvgIpc) is 2.73. The monoisotopic (exact) mass is 236 g/mol. The van der Waals surface area contributed by atoms with Crippen molar-refractivity contribution in [2.24, 2.45) is 0 Å². The highest BCUT2D eigenvalue weighted by atomic mass is 32.2. The van der Waals surface area contributed by atoms with Crippen molar-refractivity contribution in [2.45, 2.75) is 17.6 Å². The van der Waals surface area contributed by atoms with Gasteiger partial charge in [-0.25, -0.2) is 4.98 Å². The van der Waals surface area contributed by atoms with Crippen molar-refractivity contribution in [1.29, 1.82) is 0 Å². The van der Waals surface area contributed by atoms with E-state index in [2.05, 4.69) is 16.4 Å². The number of nitrogens with two attached hydrogens (primary N) is 1. The molecule has 78 valence electrons. The molecule has 15 heavy (non-hydrogen) atoms. The Morgan fingerprint density at radius 3 is 3.07 bits per heavy atom. The summed E-state index contributed by atoms with van der Waals surface area (Å²) < 4.78 is 0. The standard InChI is InChI=1S/C11H12N2S2/c1-8-3-2-4-10(11(8)12)15-6-9-5-14-7-13-9/h2-5,7H,6,12H2,1H3. The number of thioether (sulfide) groups is 1. The normalized spacial score (nSPS) is 10.5. The molecule has 0 amide bonds. The van der Waals surface area contributed by atoms with Crippen LogP contribution in [0.4, 0.5) is 5.69 Å². The molecule has 1 aromatic heterocycles. The summed E-state index contributed by atoms with van der Waals surface area (Å²) >= 11 is 3.36. The first-order chi connectivity index (χ1) is 7.27. The summed E-state index contributed by atoms with van der Waals surface area (Å²) in [4.78, 5) is 5.38. The minimum atomic E-state index is 0.886. The number of hydrogen-bond donors (Lipinski definition) is 1. The molecule has 0 saturated heterocycles. The Morgan fingerprint density at radius 2 is 2.33 bits per heavy atom. The molecular weight excluding hydrogens is 224 g/mol. The van der Waals surface area contributed by atoms with Crippen LogP contribution in [0.2, 0.25) is 0 Å². The third-order valence-electron chi connectivity index (χ3n) is 2.14. The molecule has 0 fully saturated rings. The van der Waals surface area contributed by atoms with Crippen LogP contribution in [0.15, 0.2) is 34.0 Å². The van der Waals surface area contributed by atoms with Gasteiger partial charge in [0.15, 0.2) is 0 Å². The molecule has 0 bridgehead atoms. The van der Waals surface area contributed by atoms with Crippen molar-refractivity contribution in [3.8, 4) is 0 Å². The molecular formula is C11H12N2S2. The first-order valence-electron chi connectivity index (χ1n) is 4.62. The van der Waals surface area contributed by atoms with Crippen molar-refractivity contribution < 1.29 is 0 Å². The number of nitrogen functional groups attached to an aromatic ring is 1. The van der Waals surface area contributed by atoms with E-state index >= 15 is 0 Å². The molecule has 1 aromatic carbocycles. The number of aromatic nitrogens is 1. The van der Waals surface area contributed by atoms with Gasteiger partial charge in [0.05, 0.1) is 11.2 Å². The van der Waals surface area contributed by atoms with Crippen molar-refractivity contribution in [1.82, 2.24) is 4.98 Å². The van der Waals surface area contributed by atoms with E-state index in [1.54, 1.807) is 23.1 Å². The number of para-hydroxylation sites is 1. The molecule has 0 aliphatic carbocycles. The quantitative estimate of drug-likeness (QED) is 0.656. The highest BCUT2D eigenvalue weighted by molar-refractivity contribution is 7.98. The maximum absolute atomic E-state index is 5.98. The van der Waals surface area contributed by atoms with Crippen LogP contribution in [0.3, 0.4) is 0 Å². The predicted molar refractivity (Wildman–Crippen MR) is 67.3 cm³/mol. The lowest BCUT2D eigenvalue weighted by atomic mass is 10.2. The third-order valence-corrected chi connectivity index (χ3v) is 3.89. The van der Waals surface area contributed by atoms with Crippen LogP contribution in [0.25, 0.3) is 0 Å². The van der Waals surface area contributed by atoms with Gasteiger partial charge >= 0.3 is 0 Å². The fraction of sp³-hybridized carbons (Fsp3) is 0.182. The first-order valence-corrected chi connectivity index (χ1v) is 6.55. The largest absolute Gasteiger partial charge is 0.398 e. The van der Waals surface area contributed by atoms with E-state index in [0.717, 1.165) is 27.6 Å². The fourth-order valence-electron chi connectivity index (χ4n) is 1.24. The second kappa shape index (κ2) is 4.68. The molecule has 2 N–H and O–H groups in total. The number of benzene rings is 1. The Hall–Kier alpha value is -1.00. The number of thiazole rings is 1. The van der Waals surface area contributed by atoms with Crippen LogP contribution in [-0.4, -0.2) is 4.98 Å². The Labute approximate surface area is 97.5 Å². The lowest BCUT2D eigenvalue weighted by Crippen LogP contribution is -1.92. The molecule has 2 rings (SSSR count). The number of nitrogens with zero attached hydrogens (tertiary/aromatic N) is 1. The van der Waals surface area contributed by atoms with Gasteiger partial charge in [-0.05, 0) is 18.6 Å². The van der Waals surface area contributed by atoms with E-state index in [1.807, 2.05) is 24.6 Å². The van der Waals surface area contributed by atoms with E-state index in [1.165, 1.54) is 0 Å². The topological polar surface area (TPSA) is 38.9 Å². The van der Waals surface area contributed by atoms with Crippen LogP contribution >= 0.6 is 23.1 Å². The van der Waals surface area contributed by atoms with E-state index < -0.39 is 0 Å². The van der Waals surface area contributed by atoms with Crippen molar-refractivity contribution in [3.63, 3.8) is 0 Å². The summed E-state index contributed by atoms with van der Waals surface area (Å²) in [6, 6.07) is 6.12. The summed E-state index contributed by atoms with van der Waals surface area (Å²) in [5.41, 5.74) is 11.0. The average molecular weight is 236 g/mol.